The van der Waals surface area contributed by atoms with Gasteiger partial charge in [0.05, 0.1) is 0 Å². The number of rotatable bonds is 3. The van der Waals surface area contributed by atoms with Crippen LogP contribution in [0.1, 0.15) is 6.92 Å². The van der Waals surface area contributed by atoms with Crippen molar-refractivity contribution in [1.29, 1.82) is 0 Å². The lowest BCUT2D eigenvalue weighted by Gasteiger charge is -1.94. The van der Waals surface area contributed by atoms with Gasteiger partial charge in [0.1, 0.15) is 0 Å². The van der Waals surface area contributed by atoms with E-state index in [0.29, 0.717) is 4.48 Å². The van der Waals surface area contributed by atoms with Gasteiger partial charge < -0.3 is 0 Å². The monoisotopic (exact) mass is 234 g/mol. The van der Waals surface area contributed by atoms with Gasteiger partial charge in [-0.25, -0.2) is 0 Å². The van der Waals surface area contributed by atoms with Gasteiger partial charge in [0.15, 0.2) is 0 Å². The van der Waals surface area contributed by atoms with Crippen LogP contribution in [0.25, 0.3) is 0 Å². The first-order valence-corrected chi connectivity index (χ1v) is 4.14. The number of halogens is 2. The third kappa shape index (κ3) is 4.17. The molecule has 0 aromatic heterocycles. The van der Waals surface area contributed by atoms with E-state index in [0.717, 1.165) is 0 Å². The first kappa shape index (κ1) is 10.7. The fraction of sp³-hybridized carbons (Fsp3) is 0.125. The molecule has 0 aromatic rings. The molecule has 0 bridgehead atoms. The van der Waals surface area contributed by atoms with E-state index in [1.807, 2.05) is 13.0 Å². The Morgan fingerprint density at radius 3 is 2.55 bits per heavy atom. The van der Waals surface area contributed by atoms with Crippen LogP contribution in [0.3, 0.4) is 0 Å². The van der Waals surface area contributed by atoms with E-state index >= 15 is 0 Å². The quantitative estimate of drug-likeness (QED) is 0.417. The van der Waals surface area contributed by atoms with Crippen molar-refractivity contribution < 1.29 is 4.79 Å². The summed E-state index contributed by atoms with van der Waals surface area (Å²) in [6, 6.07) is 0. The highest BCUT2D eigenvalue weighted by molar-refractivity contribution is 9.12. The highest BCUT2D eigenvalue weighted by Gasteiger charge is 2.04. The Labute approximate surface area is 79.6 Å². The molecule has 0 aliphatic heterocycles. The van der Waals surface area contributed by atoms with Gasteiger partial charge in [-0.05, 0) is 24.6 Å². The van der Waals surface area contributed by atoms with Crippen LogP contribution in [0.15, 0.2) is 34.9 Å². The summed E-state index contributed by atoms with van der Waals surface area (Å²) in [5.74, 6) is 0. The zero-order valence-electron chi connectivity index (χ0n) is 6.10. The van der Waals surface area contributed by atoms with Crippen LogP contribution in [0.2, 0.25) is 0 Å². The molecule has 0 atom stereocenters. The van der Waals surface area contributed by atoms with Crippen molar-refractivity contribution in [2.75, 3.05) is 0 Å². The van der Waals surface area contributed by atoms with Gasteiger partial charge in [0.2, 0.25) is 0 Å². The number of hydrogen-bond acceptors (Lipinski definition) is 1. The first-order chi connectivity index (χ1) is 5.09. The van der Waals surface area contributed by atoms with Crippen LogP contribution in [0, 0.1) is 0 Å². The molecule has 0 N–H and O–H groups in total. The topological polar surface area (TPSA) is 17.1 Å². The molecule has 0 rings (SSSR count). The summed E-state index contributed by atoms with van der Waals surface area (Å²) in [4.78, 5) is 10.5. The van der Waals surface area contributed by atoms with E-state index in [2.05, 4.69) is 22.5 Å². The minimum Gasteiger partial charge on any atom is -0.276 e. The van der Waals surface area contributed by atoms with Gasteiger partial charge >= 0.3 is 0 Å². The molecule has 0 aromatic carbocycles. The number of carbonyl (C=O) groups excluding carboxylic acids is 1. The number of allylic oxidation sites excluding steroid dienone is 5. The van der Waals surface area contributed by atoms with Crippen LogP contribution in [-0.2, 0) is 4.79 Å². The molecule has 0 spiro atoms. The molecular weight excluding hydrogens is 227 g/mol. The van der Waals surface area contributed by atoms with Gasteiger partial charge in [0, 0.05) is 10.1 Å². The van der Waals surface area contributed by atoms with Crippen LogP contribution in [0.4, 0.5) is 0 Å². The second kappa shape index (κ2) is 5.33. The lowest BCUT2D eigenvalue weighted by atomic mass is 10.3. The Morgan fingerprint density at radius 1 is 1.64 bits per heavy atom. The summed E-state index contributed by atoms with van der Waals surface area (Å²) < 4.78 is 0.607. The van der Waals surface area contributed by atoms with Crippen LogP contribution in [-0.4, -0.2) is 5.24 Å². The van der Waals surface area contributed by atoms with Crippen molar-refractivity contribution in [1.82, 2.24) is 0 Å². The van der Waals surface area contributed by atoms with Crippen molar-refractivity contribution in [3.8, 4) is 0 Å². The molecule has 3 heteroatoms. The fourth-order valence-corrected chi connectivity index (χ4v) is 0.924. The van der Waals surface area contributed by atoms with Gasteiger partial charge in [0.25, 0.3) is 5.24 Å². The smallest absolute Gasteiger partial charge is 0.252 e. The van der Waals surface area contributed by atoms with Crippen molar-refractivity contribution in [3.05, 3.63) is 34.9 Å². The summed E-state index contributed by atoms with van der Waals surface area (Å²) in [5.41, 5.74) is 0.268. The largest absolute Gasteiger partial charge is 0.276 e. The molecule has 0 radical (unpaired) electrons. The predicted molar refractivity (Wildman–Crippen MR) is 51.8 cm³/mol. The Hall–Kier alpha value is -0.340. The summed E-state index contributed by atoms with van der Waals surface area (Å²) in [6.45, 7) is 5.35. The SMILES string of the molecule is C=C(C(=O)Cl)/C(Br)=C\C=C/C. The summed E-state index contributed by atoms with van der Waals surface area (Å²) >= 11 is 8.32. The van der Waals surface area contributed by atoms with Gasteiger partial charge in [-0.2, -0.15) is 0 Å². The first-order valence-electron chi connectivity index (χ1n) is 2.97. The lowest BCUT2D eigenvalue weighted by Crippen LogP contribution is -1.89. The highest BCUT2D eigenvalue weighted by Crippen LogP contribution is 2.17. The van der Waals surface area contributed by atoms with Crippen molar-refractivity contribution in [2.45, 2.75) is 6.92 Å². The molecule has 0 saturated heterocycles. The second-order valence-electron chi connectivity index (χ2n) is 1.79. The van der Waals surface area contributed by atoms with Gasteiger partial charge in [-0.1, -0.05) is 34.7 Å². The normalized spacial score (nSPS) is 12.1. The van der Waals surface area contributed by atoms with E-state index in [-0.39, 0.29) is 5.57 Å². The van der Waals surface area contributed by atoms with Crippen LogP contribution in [0.5, 0.6) is 0 Å². The lowest BCUT2D eigenvalue weighted by molar-refractivity contribution is -0.108. The van der Waals surface area contributed by atoms with E-state index in [1.165, 1.54) is 0 Å². The third-order valence-electron chi connectivity index (χ3n) is 0.961. The van der Waals surface area contributed by atoms with Crippen molar-refractivity contribution in [2.24, 2.45) is 0 Å². The Morgan fingerprint density at radius 2 is 2.18 bits per heavy atom. The van der Waals surface area contributed by atoms with Crippen LogP contribution >= 0.6 is 27.5 Å². The van der Waals surface area contributed by atoms with Crippen LogP contribution < -0.4 is 0 Å². The maximum atomic E-state index is 10.5. The molecule has 0 amide bonds. The maximum Gasteiger partial charge on any atom is 0.252 e. The number of hydrogen-bond donors (Lipinski definition) is 0. The average molecular weight is 236 g/mol. The molecule has 0 heterocycles. The molecule has 0 aliphatic carbocycles. The Balaban J connectivity index is 4.36. The predicted octanol–water partition coefficient (Wildman–Crippen LogP) is 3.16. The van der Waals surface area contributed by atoms with E-state index in [1.54, 1.807) is 12.2 Å². The molecule has 11 heavy (non-hydrogen) atoms. The summed E-state index contributed by atoms with van der Waals surface area (Å²) in [7, 11) is 0. The zero-order valence-corrected chi connectivity index (χ0v) is 8.45. The fourth-order valence-electron chi connectivity index (χ4n) is 0.375. The van der Waals surface area contributed by atoms with E-state index < -0.39 is 5.24 Å². The Kier molecular flexibility index (Phi) is 5.16. The second-order valence-corrected chi connectivity index (χ2v) is 2.99. The molecule has 0 saturated carbocycles. The standard InChI is InChI=1S/C8H8BrClO/c1-3-4-5-7(9)6(2)8(10)11/h3-5H,2H2,1H3/b4-3-,7-5+. The summed E-state index contributed by atoms with van der Waals surface area (Å²) in [6.07, 6.45) is 5.34. The van der Waals surface area contributed by atoms with Crippen molar-refractivity contribution in [3.63, 3.8) is 0 Å². The maximum absolute atomic E-state index is 10.5. The average Bonchev–Trinajstić information content (AvgIpc) is 1.98. The number of carbonyl (C=O) groups is 1. The minimum atomic E-state index is -0.544. The van der Waals surface area contributed by atoms with E-state index in [9.17, 15) is 4.79 Å². The van der Waals surface area contributed by atoms with Gasteiger partial charge in [-0.3, -0.25) is 4.79 Å². The minimum absolute atomic E-state index is 0.268. The van der Waals surface area contributed by atoms with E-state index in [4.69, 9.17) is 11.6 Å². The van der Waals surface area contributed by atoms with Gasteiger partial charge in [-0.15, -0.1) is 0 Å². The zero-order chi connectivity index (χ0) is 8.85. The molecule has 0 aliphatic rings. The third-order valence-corrected chi connectivity index (χ3v) is 1.93. The van der Waals surface area contributed by atoms with Crippen molar-refractivity contribution >= 4 is 32.8 Å². The molecule has 0 unspecified atom stereocenters. The Bertz CT molecular complexity index is 228. The molecule has 60 valence electrons. The summed E-state index contributed by atoms with van der Waals surface area (Å²) in [5, 5.41) is -0.544. The molecule has 0 fully saturated rings. The molecular formula is C8H8BrClO. The molecule has 1 nitrogen and oxygen atoms in total. The highest BCUT2D eigenvalue weighted by atomic mass is 79.9.